The Morgan fingerprint density at radius 2 is 1.60 bits per heavy atom. The molecule has 0 aliphatic carbocycles. The molecule has 106 valence electrons. The molecule has 0 radical (unpaired) electrons. The molecule has 0 aliphatic rings. The van der Waals surface area contributed by atoms with Crippen LogP contribution < -0.4 is 9.47 Å². The number of carbonyl (C=O) groups is 1. The molecule has 0 saturated carbocycles. The maximum Gasteiger partial charge on any atom is 0.153 e. The summed E-state index contributed by atoms with van der Waals surface area (Å²) in [5.74, 6) is 1.44. The lowest BCUT2D eigenvalue weighted by Gasteiger charge is -2.14. The van der Waals surface area contributed by atoms with Crippen LogP contribution in [0.2, 0.25) is 0 Å². The molecule has 0 bridgehead atoms. The lowest BCUT2D eigenvalue weighted by molar-refractivity contribution is 0.111. The smallest absolute Gasteiger partial charge is 0.153 e. The fourth-order valence-electron chi connectivity index (χ4n) is 2.07. The first-order valence-electron chi connectivity index (χ1n) is 6.86. The first-order chi connectivity index (χ1) is 9.49. The predicted octanol–water partition coefficient (Wildman–Crippen LogP) is 4.23. The molecule has 3 nitrogen and oxygen atoms in total. The minimum atomic E-state index is 0.0289. The van der Waals surface area contributed by atoms with Crippen LogP contribution in [0.5, 0.6) is 11.5 Å². The molecule has 0 amide bonds. The van der Waals surface area contributed by atoms with Gasteiger partial charge in [0.2, 0.25) is 0 Å². The molecular formula is C17H20O3. The van der Waals surface area contributed by atoms with Gasteiger partial charge in [0.25, 0.3) is 0 Å². The summed E-state index contributed by atoms with van der Waals surface area (Å²) in [6, 6.07) is 9.58. The summed E-state index contributed by atoms with van der Waals surface area (Å²) in [4.78, 5) is 11.2. The van der Waals surface area contributed by atoms with E-state index in [0.717, 1.165) is 22.8 Å². The number of ether oxygens (including phenoxy) is 2. The van der Waals surface area contributed by atoms with Gasteiger partial charge in [-0.1, -0.05) is 6.07 Å². The Bertz CT molecular complexity index is 615. The number of hydrogen-bond acceptors (Lipinski definition) is 3. The number of rotatable bonds is 5. The van der Waals surface area contributed by atoms with Gasteiger partial charge in [-0.15, -0.1) is 0 Å². The fourth-order valence-corrected chi connectivity index (χ4v) is 2.07. The van der Waals surface area contributed by atoms with Crippen molar-refractivity contribution >= 4 is 17.1 Å². The first-order valence-corrected chi connectivity index (χ1v) is 6.86. The quantitative estimate of drug-likeness (QED) is 0.764. The van der Waals surface area contributed by atoms with E-state index < -0.39 is 0 Å². The van der Waals surface area contributed by atoms with Crippen LogP contribution in [0.4, 0.5) is 0 Å². The average Bonchev–Trinajstić information content (AvgIpc) is 2.36. The molecule has 0 aromatic heterocycles. The van der Waals surface area contributed by atoms with Crippen molar-refractivity contribution in [3.63, 3.8) is 0 Å². The Balaban J connectivity index is 2.48. The monoisotopic (exact) mass is 272 g/mol. The van der Waals surface area contributed by atoms with E-state index in [4.69, 9.17) is 9.47 Å². The lowest BCUT2D eigenvalue weighted by atomic mass is 10.1. The summed E-state index contributed by atoms with van der Waals surface area (Å²) < 4.78 is 11.4. The highest BCUT2D eigenvalue weighted by Crippen LogP contribution is 2.29. The summed E-state index contributed by atoms with van der Waals surface area (Å²) >= 11 is 0. The molecule has 0 spiro atoms. The molecular weight excluding hydrogens is 252 g/mol. The molecule has 3 heteroatoms. The zero-order valence-corrected chi connectivity index (χ0v) is 12.3. The number of fused-ring (bicyclic) bond motifs is 1. The molecule has 0 fully saturated rings. The third kappa shape index (κ3) is 3.29. The average molecular weight is 272 g/mol. The van der Waals surface area contributed by atoms with Crippen LogP contribution in [0.1, 0.15) is 38.1 Å². The molecule has 0 aliphatic heterocycles. The minimum absolute atomic E-state index is 0.0289. The zero-order chi connectivity index (χ0) is 14.7. The molecule has 2 aromatic carbocycles. The van der Waals surface area contributed by atoms with Gasteiger partial charge in [0.05, 0.1) is 17.8 Å². The highest BCUT2D eigenvalue weighted by atomic mass is 16.5. The van der Waals surface area contributed by atoms with Crippen LogP contribution in [0.25, 0.3) is 10.8 Å². The van der Waals surface area contributed by atoms with E-state index in [1.165, 1.54) is 0 Å². The number of carbonyl (C=O) groups excluding carboxylic acids is 1. The van der Waals surface area contributed by atoms with Gasteiger partial charge in [-0.25, -0.2) is 0 Å². The third-order valence-corrected chi connectivity index (χ3v) is 2.80. The Labute approximate surface area is 119 Å². The molecule has 2 aromatic rings. The van der Waals surface area contributed by atoms with E-state index in [-0.39, 0.29) is 12.2 Å². The van der Waals surface area contributed by atoms with Crippen LogP contribution in [-0.2, 0) is 0 Å². The Morgan fingerprint density at radius 1 is 0.900 bits per heavy atom. The van der Waals surface area contributed by atoms with Gasteiger partial charge in [-0.3, -0.25) is 4.79 Å². The number of hydrogen-bond donors (Lipinski definition) is 0. The maximum absolute atomic E-state index is 11.2. The fraction of sp³-hybridized carbons (Fsp3) is 0.353. The van der Waals surface area contributed by atoms with Crippen molar-refractivity contribution in [2.75, 3.05) is 0 Å². The van der Waals surface area contributed by atoms with Crippen molar-refractivity contribution in [3.8, 4) is 11.5 Å². The molecule has 0 heterocycles. The standard InChI is InChI=1S/C17H20O3/c1-11(2)19-16-6-5-13-7-15(10-18)17(20-12(3)4)9-14(13)8-16/h5-12H,1-4H3. The van der Waals surface area contributed by atoms with E-state index in [1.807, 2.05) is 58.0 Å². The minimum Gasteiger partial charge on any atom is -0.491 e. The molecule has 2 rings (SSSR count). The third-order valence-electron chi connectivity index (χ3n) is 2.80. The van der Waals surface area contributed by atoms with Gasteiger partial charge in [-0.2, -0.15) is 0 Å². The summed E-state index contributed by atoms with van der Waals surface area (Å²) in [5, 5.41) is 2.00. The lowest BCUT2D eigenvalue weighted by Crippen LogP contribution is -2.07. The van der Waals surface area contributed by atoms with Crippen molar-refractivity contribution in [1.29, 1.82) is 0 Å². The van der Waals surface area contributed by atoms with Gasteiger partial charge in [0.15, 0.2) is 6.29 Å². The van der Waals surface area contributed by atoms with Crippen LogP contribution >= 0.6 is 0 Å². The van der Waals surface area contributed by atoms with Gasteiger partial charge >= 0.3 is 0 Å². The molecule has 0 N–H and O–H groups in total. The van der Waals surface area contributed by atoms with Gasteiger partial charge in [0.1, 0.15) is 11.5 Å². The number of aldehydes is 1. The van der Waals surface area contributed by atoms with Crippen molar-refractivity contribution in [1.82, 2.24) is 0 Å². The van der Waals surface area contributed by atoms with E-state index in [2.05, 4.69) is 0 Å². The van der Waals surface area contributed by atoms with E-state index in [9.17, 15) is 4.79 Å². The van der Waals surface area contributed by atoms with Crippen molar-refractivity contribution in [2.24, 2.45) is 0 Å². The Morgan fingerprint density at radius 3 is 2.20 bits per heavy atom. The van der Waals surface area contributed by atoms with E-state index in [0.29, 0.717) is 11.3 Å². The summed E-state index contributed by atoms with van der Waals surface area (Å²) in [6.45, 7) is 7.87. The van der Waals surface area contributed by atoms with Crippen LogP contribution in [0.3, 0.4) is 0 Å². The summed E-state index contributed by atoms with van der Waals surface area (Å²) in [5.41, 5.74) is 0.573. The van der Waals surface area contributed by atoms with Gasteiger partial charge in [0, 0.05) is 0 Å². The van der Waals surface area contributed by atoms with E-state index in [1.54, 1.807) is 0 Å². The SMILES string of the molecule is CC(C)Oc1ccc2cc(C=O)c(OC(C)C)cc2c1. The predicted molar refractivity (Wildman–Crippen MR) is 80.9 cm³/mol. The van der Waals surface area contributed by atoms with Crippen molar-refractivity contribution in [3.05, 3.63) is 35.9 Å². The normalized spacial score (nSPS) is 11.1. The Hall–Kier alpha value is -2.03. The van der Waals surface area contributed by atoms with Crippen molar-refractivity contribution < 1.29 is 14.3 Å². The maximum atomic E-state index is 11.2. The second kappa shape index (κ2) is 5.95. The molecule has 20 heavy (non-hydrogen) atoms. The first kappa shape index (κ1) is 14.4. The van der Waals surface area contributed by atoms with Gasteiger partial charge in [-0.05, 0) is 62.7 Å². The van der Waals surface area contributed by atoms with Crippen molar-refractivity contribution in [2.45, 2.75) is 39.9 Å². The molecule has 0 atom stereocenters. The topological polar surface area (TPSA) is 35.5 Å². The highest BCUT2D eigenvalue weighted by molar-refractivity contribution is 5.93. The van der Waals surface area contributed by atoms with Gasteiger partial charge < -0.3 is 9.47 Å². The van der Waals surface area contributed by atoms with Crippen LogP contribution in [0.15, 0.2) is 30.3 Å². The Kier molecular flexibility index (Phi) is 4.28. The van der Waals surface area contributed by atoms with Crippen LogP contribution in [-0.4, -0.2) is 18.5 Å². The second-order valence-corrected chi connectivity index (χ2v) is 5.35. The summed E-state index contributed by atoms with van der Waals surface area (Å²) in [6.07, 6.45) is 0.990. The number of benzene rings is 2. The molecule has 0 unspecified atom stereocenters. The van der Waals surface area contributed by atoms with Crippen LogP contribution in [0, 0.1) is 0 Å². The van der Waals surface area contributed by atoms with E-state index >= 15 is 0 Å². The largest absolute Gasteiger partial charge is 0.491 e. The molecule has 0 saturated heterocycles. The highest BCUT2D eigenvalue weighted by Gasteiger charge is 2.08. The summed E-state index contributed by atoms with van der Waals surface area (Å²) in [7, 11) is 0. The zero-order valence-electron chi connectivity index (χ0n) is 12.3. The second-order valence-electron chi connectivity index (χ2n) is 5.35.